The lowest BCUT2D eigenvalue weighted by Gasteiger charge is -2.41. The number of sulfonamides is 1. The molecule has 2 unspecified atom stereocenters. The van der Waals surface area contributed by atoms with Crippen molar-refractivity contribution in [1.82, 2.24) is 5.32 Å². The minimum Gasteiger partial charge on any atom is -0.506 e. The Morgan fingerprint density at radius 2 is 1.74 bits per heavy atom. The zero-order valence-electron chi connectivity index (χ0n) is 24.1. The summed E-state index contributed by atoms with van der Waals surface area (Å²) < 4.78 is 24.2. The molecule has 228 valence electrons. The third kappa shape index (κ3) is 7.01. The molecule has 10 nitrogen and oxygen atoms in total. The normalized spacial score (nSPS) is 18.9. The van der Waals surface area contributed by atoms with E-state index >= 15 is 0 Å². The van der Waals surface area contributed by atoms with Gasteiger partial charge in [-0.1, -0.05) is 49.6 Å². The summed E-state index contributed by atoms with van der Waals surface area (Å²) in [7, 11) is -3.91. The first-order valence-corrected chi connectivity index (χ1v) is 16.4. The fraction of sp³-hybridized carbons (Fsp3) is 0.375. The number of hydrogen-bond acceptors (Lipinski definition) is 7. The summed E-state index contributed by atoms with van der Waals surface area (Å²) in [4.78, 5) is 16.4. The number of aromatic hydroxyl groups is 1. The van der Waals surface area contributed by atoms with Crippen LogP contribution < -0.4 is 26.4 Å². The lowest BCUT2D eigenvalue weighted by Crippen LogP contribution is -2.52. The zero-order chi connectivity index (χ0) is 30.6. The number of nitrogen functional groups attached to an aromatic ring is 1. The molecule has 3 aromatic rings. The second kappa shape index (κ2) is 13.2. The van der Waals surface area contributed by atoms with E-state index in [1.54, 1.807) is 60.7 Å². The van der Waals surface area contributed by atoms with Gasteiger partial charge in [0, 0.05) is 29.9 Å². The Morgan fingerprint density at radius 1 is 1.02 bits per heavy atom. The maximum atomic E-state index is 14.2. The third-order valence-electron chi connectivity index (χ3n) is 8.63. The van der Waals surface area contributed by atoms with E-state index in [2.05, 4.69) is 15.5 Å². The largest absolute Gasteiger partial charge is 0.506 e. The van der Waals surface area contributed by atoms with E-state index in [1.165, 1.54) is 6.07 Å². The molecular weight excluding hydrogens is 564 g/mol. The number of phenolic OH excluding ortho intramolecular Hbond substituents is 1. The fourth-order valence-corrected chi connectivity index (χ4v) is 7.31. The Kier molecular flexibility index (Phi) is 9.34. The number of rotatable bonds is 8. The third-order valence-corrected chi connectivity index (χ3v) is 9.60. The summed E-state index contributed by atoms with van der Waals surface area (Å²) >= 11 is 0. The second-order valence-corrected chi connectivity index (χ2v) is 13.0. The number of benzene rings is 3. The number of anilines is 2. The Hall–Kier alpha value is -3.93. The predicted octanol–water partition coefficient (Wildman–Crippen LogP) is 3.99. The Bertz CT molecular complexity index is 1570. The molecule has 1 aliphatic heterocycles. The molecule has 0 spiro atoms. The van der Waals surface area contributed by atoms with Crippen LogP contribution in [-0.2, 0) is 14.8 Å². The second-order valence-electron chi connectivity index (χ2n) is 11.5. The van der Waals surface area contributed by atoms with E-state index in [0.717, 1.165) is 45.1 Å². The highest BCUT2D eigenvalue weighted by atomic mass is 32.2. The van der Waals surface area contributed by atoms with Crippen LogP contribution in [0.3, 0.4) is 0 Å². The first-order valence-electron chi connectivity index (χ1n) is 14.8. The lowest BCUT2D eigenvalue weighted by atomic mass is 9.75. The number of primary sulfonamides is 1. The van der Waals surface area contributed by atoms with Gasteiger partial charge in [0.2, 0.25) is 15.9 Å². The van der Waals surface area contributed by atoms with Crippen molar-refractivity contribution in [3.8, 4) is 16.9 Å². The van der Waals surface area contributed by atoms with E-state index < -0.39 is 10.0 Å². The molecule has 5 rings (SSSR count). The number of nitrogens with zero attached hydrogens (tertiary/aromatic N) is 1. The zero-order valence-corrected chi connectivity index (χ0v) is 24.9. The average Bonchev–Trinajstić information content (AvgIpc) is 3.24. The highest BCUT2D eigenvalue weighted by Crippen LogP contribution is 2.39. The molecule has 1 heterocycles. The van der Waals surface area contributed by atoms with E-state index in [0.29, 0.717) is 41.2 Å². The maximum absolute atomic E-state index is 14.2. The van der Waals surface area contributed by atoms with Gasteiger partial charge in [0.05, 0.1) is 22.5 Å². The van der Waals surface area contributed by atoms with E-state index in [9.17, 15) is 18.3 Å². The molecule has 1 saturated carbocycles. The van der Waals surface area contributed by atoms with Crippen LogP contribution in [0.4, 0.5) is 11.4 Å². The number of nitrogens with two attached hydrogens (primary N) is 2. The summed E-state index contributed by atoms with van der Waals surface area (Å²) in [5.74, 6) is -0.280. The minimum atomic E-state index is -3.91. The molecule has 1 aliphatic carbocycles. The fourth-order valence-electron chi connectivity index (χ4n) is 6.55. The molecule has 2 aliphatic rings. The Morgan fingerprint density at radius 3 is 2.44 bits per heavy atom. The molecule has 0 radical (unpaired) electrons. The quantitative estimate of drug-likeness (QED) is 0.166. The van der Waals surface area contributed by atoms with Crippen molar-refractivity contribution in [3.63, 3.8) is 0 Å². The van der Waals surface area contributed by atoms with Crippen LogP contribution in [0.25, 0.3) is 11.1 Å². The number of phenols is 1. The molecule has 8 N–H and O–H groups in total. The van der Waals surface area contributed by atoms with Gasteiger partial charge in [0.25, 0.3) is 0 Å². The van der Waals surface area contributed by atoms with Gasteiger partial charge in [-0.15, -0.1) is 0 Å². The van der Waals surface area contributed by atoms with Crippen molar-refractivity contribution in [2.75, 3.05) is 29.9 Å². The SMILES string of the molecule is N=C(N)c1ccc(O)c(N2CCCNCC2C(C(=O)Nc2ccc(-c3ccccc3S(N)(=O)=O)cc2)C2CCCCC2)c1. The average molecular weight is 605 g/mol. The smallest absolute Gasteiger partial charge is 0.238 e. The molecule has 1 amide bonds. The van der Waals surface area contributed by atoms with Crippen molar-refractivity contribution in [2.45, 2.75) is 49.5 Å². The summed E-state index contributed by atoms with van der Waals surface area (Å²) in [6.45, 7) is 2.00. The predicted molar refractivity (Wildman–Crippen MR) is 170 cm³/mol. The number of carbonyl (C=O) groups is 1. The summed E-state index contributed by atoms with van der Waals surface area (Å²) in [6, 6.07) is 18.4. The monoisotopic (exact) mass is 604 g/mol. The van der Waals surface area contributed by atoms with Crippen molar-refractivity contribution in [2.24, 2.45) is 22.7 Å². The minimum absolute atomic E-state index is 0.0437. The van der Waals surface area contributed by atoms with Crippen molar-refractivity contribution >= 4 is 33.1 Å². The van der Waals surface area contributed by atoms with Gasteiger partial charge < -0.3 is 26.4 Å². The van der Waals surface area contributed by atoms with E-state index in [4.69, 9.17) is 16.3 Å². The van der Waals surface area contributed by atoms with Crippen LogP contribution in [0.15, 0.2) is 71.6 Å². The number of hydrogen-bond donors (Lipinski definition) is 6. The van der Waals surface area contributed by atoms with Gasteiger partial charge in [-0.05, 0) is 73.7 Å². The number of carbonyl (C=O) groups excluding carboxylic acids is 1. The molecule has 0 aromatic heterocycles. The van der Waals surface area contributed by atoms with Crippen LogP contribution >= 0.6 is 0 Å². The first kappa shape index (κ1) is 30.5. The standard InChI is InChI=1S/C32H40N6O4S/c33-31(34)23-13-16-28(39)26(19-23)38-18-6-17-36-20-27(38)30(22-7-2-1-3-8-22)32(40)37-24-14-11-21(12-15-24)25-9-4-5-10-29(25)43(35,41)42/h4-5,9-16,19,22,27,30,36,39H,1-3,6-8,17-18,20H2,(H3,33,34)(H,37,40)(H2,35,41,42). The van der Waals surface area contributed by atoms with Crippen molar-refractivity contribution in [3.05, 3.63) is 72.3 Å². The van der Waals surface area contributed by atoms with E-state index in [-0.39, 0.29) is 40.3 Å². The van der Waals surface area contributed by atoms with Crippen LogP contribution in [0, 0.1) is 17.2 Å². The number of nitrogens with one attached hydrogen (secondary N) is 3. The van der Waals surface area contributed by atoms with Gasteiger partial charge in [-0.2, -0.15) is 0 Å². The number of amides is 1. The maximum Gasteiger partial charge on any atom is 0.238 e. The summed E-state index contributed by atoms with van der Waals surface area (Å²) in [5, 5.41) is 30.9. The summed E-state index contributed by atoms with van der Waals surface area (Å²) in [6.07, 6.45) is 6.02. The molecule has 1 saturated heterocycles. The Balaban J connectivity index is 1.46. The highest BCUT2D eigenvalue weighted by Gasteiger charge is 2.40. The molecule has 3 aromatic carbocycles. The van der Waals surface area contributed by atoms with Gasteiger partial charge >= 0.3 is 0 Å². The lowest BCUT2D eigenvalue weighted by molar-refractivity contribution is -0.122. The molecule has 2 fully saturated rings. The van der Waals surface area contributed by atoms with Crippen molar-refractivity contribution in [1.29, 1.82) is 5.41 Å². The molecule has 43 heavy (non-hydrogen) atoms. The molecule has 2 atom stereocenters. The summed E-state index contributed by atoms with van der Waals surface area (Å²) in [5.41, 5.74) is 8.66. The molecular formula is C32H40N6O4S. The van der Waals surface area contributed by atoms with Crippen molar-refractivity contribution < 1.29 is 18.3 Å². The molecule has 0 bridgehead atoms. The topological polar surface area (TPSA) is 175 Å². The van der Waals surface area contributed by atoms with Crippen LogP contribution in [0.5, 0.6) is 5.75 Å². The highest BCUT2D eigenvalue weighted by molar-refractivity contribution is 7.89. The molecule has 11 heteroatoms. The van der Waals surface area contributed by atoms with Crippen LogP contribution in [0.2, 0.25) is 0 Å². The number of amidine groups is 1. The van der Waals surface area contributed by atoms with Gasteiger partial charge in [0.1, 0.15) is 11.6 Å². The van der Waals surface area contributed by atoms with E-state index in [1.807, 2.05) is 0 Å². The van der Waals surface area contributed by atoms with Crippen LogP contribution in [-0.4, -0.2) is 50.9 Å². The van der Waals surface area contributed by atoms with Gasteiger partial charge in [0.15, 0.2) is 0 Å². The van der Waals surface area contributed by atoms with Crippen LogP contribution in [0.1, 0.15) is 44.1 Å². The Labute approximate surface area is 253 Å². The van der Waals surface area contributed by atoms with Gasteiger partial charge in [-0.3, -0.25) is 10.2 Å². The first-order chi connectivity index (χ1) is 20.6. The van der Waals surface area contributed by atoms with Gasteiger partial charge in [-0.25, -0.2) is 13.6 Å².